The average molecular weight is 601 g/mol. The van der Waals surface area contributed by atoms with Crippen LogP contribution in [0.2, 0.25) is 0 Å². The highest BCUT2D eigenvalue weighted by molar-refractivity contribution is 5.91. The molecule has 0 saturated heterocycles. The van der Waals surface area contributed by atoms with E-state index in [0.29, 0.717) is 12.5 Å². The summed E-state index contributed by atoms with van der Waals surface area (Å²) >= 11 is 0. The minimum atomic E-state index is 0.494. The molecule has 0 bridgehead atoms. The summed E-state index contributed by atoms with van der Waals surface area (Å²) in [6.45, 7) is 21.7. The molecule has 2 fully saturated rings. The molecule has 0 aliphatic heterocycles. The number of aromatic nitrogens is 4. The van der Waals surface area contributed by atoms with E-state index in [0.717, 1.165) is 51.4 Å². The fourth-order valence-corrected chi connectivity index (χ4v) is 5.43. The summed E-state index contributed by atoms with van der Waals surface area (Å²) in [6, 6.07) is 14.3. The first-order valence-electron chi connectivity index (χ1n) is 17.3. The van der Waals surface area contributed by atoms with Crippen LogP contribution in [0.15, 0.2) is 54.9 Å². The molecule has 3 aromatic heterocycles. The van der Waals surface area contributed by atoms with E-state index in [1.54, 1.807) is 6.20 Å². The summed E-state index contributed by atoms with van der Waals surface area (Å²) in [4.78, 5) is 8.90. The van der Waals surface area contributed by atoms with Crippen LogP contribution < -0.4 is 4.74 Å². The highest BCUT2D eigenvalue weighted by atomic mass is 16.5. The molecule has 0 unspecified atom stereocenters. The quantitative estimate of drug-likeness (QED) is 0.229. The third-order valence-electron chi connectivity index (χ3n) is 7.82. The first kappa shape index (κ1) is 37.0. The Balaban J connectivity index is 0.000000345. The van der Waals surface area contributed by atoms with Crippen molar-refractivity contribution in [2.24, 2.45) is 17.8 Å². The molecular weight excluding hydrogens is 540 g/mol. The molecule has 3 heterocycles. The van der Waals surface area contributed by atoms with Crippen LogP contribution in [-0.2, 0) is 0 Å². The van der Waals surface area contributed by atoms with Crippen molar-refractivity contribution >= 4 is 5.52 Å². The Morgan fingerprint density at radius 1 is 0.818 bits per heavy atom. The summed E-state index contributed by atoms with van der Waals surface area (Å²) in [5, 5.41) is 4.85. The number of rotatable bonds is 5. The van der Waals surface area contributed by atoms with Gasteiger partial charge in [-0.3, -0.25) is 0 Å². The number of ether oxygens (including phenoxy) is 1. The summed E-state index contributed by atoms with van der Waals surface area (Å²) in [5.74, 6) is 4.20. The Bertz CT molecular complexity index is 1320. The van der Waals surface area contributed by atoms with Gasteiger partial charge in [0.05, 0.1) is 23.4 Å². The molecule has 4 aromatic rings. The van der Waals surface area contributed by atoms with Gasteiger partial charge in [0, 0.05) is 18.0 Å². The highest BCUT2D eigenvalue weighted by Crippen LogP contribution is 2.35. The zero-order valence-electron chi connectivity index (χ0n) is 29.5. The Hall–Kier alpha value is -3.21. The van der Waals surface area contributed by atoms with Crippen LogP contribution in [0.4, 0.5) is 0 Å². The largest absolute Gasteiger partial charge is 0.493 e. The van der Waals surface area contributed by atoms with Crippen molar-refractivity contribution in [1.29, 1.82) is 0 Å². The van der Waals surface area contributed by atoms with E-state index in [1.807, 2.05) is 63.5 Å². The molecule has 0 amide bonds. The van der Waals surface area contributed by atoms with Crippen LogP contribution in [-0.4, -0.2) is 26.2 Å². The van der Waals surface area contributed by atoms with Gasteiger partial charge in [-0.05, 0) is 79.6 Å². The standard InChI is InChI=1S/C23H24N4O.2C6H12.2C2H6/c1-15(2)14-28-19-7-5-18(6-8-19)23-22(20-9-11-24-17(4)25-20)21-13-16(3)10-12-27(21)26-23;2*1-6-4-2-3-5-6;2*1-2/h5-13,15H,14H2,1-4H3;2*6H,2-5H2,1H3;2*1-2H3. The molecule has 242 valence electrons. The summed E-state index contributed by atoms with van der Waals surface area (Å²) < 4.78 is 7.73. The Labute approximate surface area is 268 Å². The Kier molecular flexibility index (Phi) is 16.8. The van der Waals surface area contributed by atoms with Gasteiger partial charge in [-0.25, -0.2) is 14.5 Å². The number of benzene rings is 1. The van der Waals surface area contributed by atoms with Gasteiger partial charge in [0.25, 0.3) is 0 Å². The van der Waals surface area contributed by atoms with Crippen LogP contribution in [0.25, 0.3) is 28.0 Å². The Morgan fingerprint density at radius 3 is 1.86 bits per heavy atom. The fourth-order valence-electron chi connectivity index (χ4n) is 5.43. The van der Waals surface area contributed by atoms with E-state index < -0.39 is 0 Å². The van der Waals surface area contributed by atoms with E-state index in [2.05, 4.69) is 68.9 Å². The topological polar surface area (TPSA) is 52.3 Å². The molecule has 2 aliphatic carbocycles. The molecule has 5 nitrogen and oxygen atoms in total. The SMILES string of the molecule is CC.CC.CC1CCCC1.CC1CCCC1.Cc1ccn2nc(-c3ccc(OCC(C)C)cc3)c(-c3ccnc(C)n3)c2c1. The van der Waals surface area contributed by atoms with Gasteiger partial charge in [-0.15, -0.1) is 0 Å². The lowest BCUT2D eigenvalue weighted by molar-refractivity contribution is 0.271. The van der Waals surface area contributed by atoms with Crippen LogP contribution in [0, 0.1) is 31.6 Å². The van der Waals surface area contributed by atoms with E-state index in [1.165, 1.54) is 56.9 Å². The highest BCUT2D eigenvalue weighted by Gasteiger charge is 2.18. The van der Waals surface area contributed by atoms with Crippen molar-refractivity contribution in [2.75, 3.05) is 6.61 Å². The molecule has 0 atom stereocenters. The van der Waals surface area contributed by atoms with Crippen molar-refractivity contribution in [3.05, 3.63) is 66.2 Å². The monoisotopic (exact) mass is 600 g/mol. The van der Waals surface area contributed by atoms with Crippen LogP contribution in [0.3, 0.4) is 0 Å². The van der Waals surface area contributed by atoms with Gasteiger partial charge >= 0.3 is 0 Å². The van der Waals surface area contributed by atoms with E-state index in [-0.39, 0.29) is 0 Å². The predicted octanol–water partition coefficient (Wildman–Crippen LogP) is 11.6. The van der Waals surface area contributed by atoms with Crippen molar-refractivity contribution in [3.8, 4) is 28.3 Å². The van der Waals surface area contributed by atoms with Gasteiger partial charge in [-0.2, -0.15) is 5.10 Å². The molecule has 2 saturated carbocycles. The maximum absolute atomic E-state index is 5.82. The van der Waals surface area contributed by atoms with Gasteiger partial charge in [-0.1, -0.05) is 107 Å². The maximum Gasteiger partial charge on any atom is 0.125 e. The smallest absolute Gasteiger partial charge is 0.125 e. The van der Waals surface area contributed by atoms with Gasteiger partial charge in [0.15, 0.2) is 0 Å². The lowest BCUT2D eigenvalue weighted by Crippen LogP contribution is -2.04. The lowest BCUT2D eigenvalue weighted by Gasteiger charge is -2.09. The van der Waals surface area contributed by atoms with Crippen LogP contribution in [0.5, 0.6) is 5.75 Å². The fraction of sp³-hybridized carbons (Fsp3) is 0.564. The number of nitrogens with zero attached hydrogens (tertiary/aromatic N) is 4. The Morgan fingerprint density at radius 2 is 1.39 bits per heavy atom. The molecule has 0 spiro atoms. The predicted molar refractivity (Wildman–Crippen MR) is 189 cm³/mol. The molecule has 2 aliphatic rings. The molecule has 0 N–H and O–H groups in total. The third-order valence-corrected chi connectivity index (χ3v) is 7.82. The normalized spacial score (nSPS) is 14.4. The minimum Gasteiger partial charge on any atom is -0.493 e. The minimum absolute atomic E-state index is 0.494. The summed E-state index contributed by atoms with van der Waals surface area (Å²) in [6.07, 6.45) is 15.7. The second-order valence-corrected chi connectivity index (χ2v) is 12.3. The molecule has 5 heteroatoms. The van der Waals surface area contributed by atoms with Gasteiger partial charge < -0.3 is 4.74 Å². The van der Waals surface area contributed by atoms with Crippen molar-refractivity contribution in [3.63, 3.8) is 0 Å². The summed E-state index contributed by atoms with van der Waals surface area (Å²) in [5.41, 5.74) is 6.05. The van der Waals surface area contributed by atoms with Crippen LogP contribution in [0.1, 0.15) is 118 Å². The van der Waals surface area contributed by atoms with Gasteiger partial charge in [0.2, 0.25) is 0 Å². The first-order chi connectivity index (χ1) is 21.3. The number of aryl methyl sites for hydroxylation is 2. The molecular formula is C39H60N4O. The summed E-state index contributed by atoms with van der Waals surface area (Å²) in [7, 11) is 0. The maximum atomic E-state index is 5.82. The second kappa shape index (κ2) is 19.9. The average Bonchev–Trinajstić information content (AvgIpc) is 3.80. The van der Waals surface area contributed by atoms with Crippen molar-refractivity contribution in [1.82, 2.24) is 19.6 Å². The number of pyridine rings is 1. The molecule has 1 aromatic carbocycles. The second-order valence-electron chi connectivity index (χ2n) is 12.3. The molecule has 6 rings (SSSR count). The molecule has 44 heavy (non-hydrogen) atoms. The lowest BCUT2D eigenvalue weighted by atomic mass is 10.0. The number of hydrogen-bond donors (Lipinski definition) is 0. The van der Waals surface area contributed by atoms with Crippen LogP contribution >= 0.6 is 0 Å². The van der Waals surface area contributed by atoms with E-state index >= 15 is 0 Å². The van der Waals surface area contributed by atoms with E-state index in [9.17, 15) is 0 Å². The zero-order valence-corrected chi connectivity index (χ0v) is 29.5. The third kappa shape index (κ3) is 11.7. The number of fused-ring (bicyclic) bond motifs is 1. The van der Waals surface area contributed by atoms with Crippen molar-refractivity contribution in [2.45, 2.75) is 121 Å². The molecule has 0 radical (unpaired) electrons. The van der Waals surface area contributed by atoms with Crippen molar-refractivity contribution < 1.29 is 4.74 Å². The van der Waals surface area contributed by atoms with Gasteiger partial charge in [0.1, 0.15) is 17.3 Å². The first-order valence-corrected chi connectivity index (χ1v) is 17.3. The number of hydrogen-bond acceptors (Lipinski definition) is 4. The zero-order chi connectivity index (χ0) is 32.5. The van der Waals surface area contributed by atoms with E-state index in [4.69, 9.17) is 9.84 Å².